The zero-order valence-electron chi connectivity index (χ0n) is 9.62. The van der Waals surface area contributed by atoms with Gasteiger partial charge in [-0.3, -0.25) is 4.79 Å². The monoisotopic (exact) mass is 254 g/mol. The van der Waals surface area contributed by atoms with Gasteiger partial charge in [-0.05, 0) is 19.1 Å². The molecule has 1 aromatic rings. The molecule has 0 saturated heterocycles. The summed E-state index contributed by atoms with van der Waals surface area (Å²) in [7, 11) is 0. The number of nitrogens with two attached hydrogens (primary N) is 1. The van der Waals surface area contributed by atoms with Gasteiger partial charge in [-0.25, -0.2) is 4.79 Å². The van der Waals surface area contributed by atoms with Gasteiger partial charge in [0.2, 0.25) is 0 Å². The number of benzene rings is 1. The molecule has 2 atom stereocenters. The molecule has 0 saturated carbocycles. The first kappa shape index (κ1) is 13.8. The first-order valence-corrected chi connectivity index (χ1v) is 5.13. The van der Waals surface area contributed by atoms with Gasteiger partial charge in [0, 0.05) is 11.8 Å². The van der Waals surface area contributed by atoms with Gasteiger partial charge in [0.25, 0.3) is 5.91 Å². The summed E-state index contributed by atoms with van der Waals surface area (Å²) in [6.45, 7) is 1.24. The van der Waals surface area contributed by atoms with Crippen LogP contribution < -0.4 is 11.1 Å². The molecule has 0 bridgehead atoms. The molecule has 1 amide bonds. The minimum Gasteiger partial charge on any atom is -0.507 e. The molecule has 0 heterocycles. The molecular weight excluding hydrogens is 240 g/mol. The number of aliphatic hydroxyl groups excluding tert-OH is 1. The van der Waals surface area contributed by atoms with E-state index in [0.29, 0.717) is 0 Å². The Labute approximate surface area is 103 Å². The lowest BCUT2D eigenvalue weighted by Crippen LogP contribution is -2.47. The molecule has 6 N–H and O–H groups in total. The molecule has 7 heteroatoms. The lowest BCUT2D eigenvalue weighted by Gasteiger charge is -2.17. The average molecular weight is 254 g/mol. The molecule has 1 rings (SSSR count). The number of aliphatic carboxylic acids is 1. The molecule has 7 nitrogen and oxygen atoms in total. The predicted octanol–water partition coefficient (Wildman–Crippen LogP) is -0.462. The molecule has 0 aliphatic carbocycles. The Hall–Kier alpha value is -2.28. The molecular formula is C11H14N2O5. The highest BCUT2D eigenvalue weighted by Gasteiger charge is 2.26. The molecule has 18 heavy (non-hydrogen) atoms. The number of anilines is 1. The van der Waals surface area contributed by atoms with Gasteiger partial charge in [0.05, 0.1) is 11.7 Å². The van der Waals surface area contributed by atoms with Gasteiger partial charge in [0.1, 0.15) is 5.75 Å². The van der Waals surface area contributed by atoms with Crippen LogP contribution in [-0.2, 0) is 4.79 Å². The summed E-state index contributed by atoms with van der Waals surface area (Å²) >= 11 is 0. The summed E-state index contributed by atoms with van der Waals surface area (Å²) in [4.78, 5) is 22.5. The number of nitrogens with one attached hydrogen (secondary N) is 1. The molecule has 1 aromatic carbocycles. The van der Waals surface area contributed by atoms with E-state index in [9.17, 15) is 19.8 Å². The van der Waals surface area contributed by atoms with Crippen LogP contribution in [0.5, 0.6) is 5.75 Å². The van der Waals surface area contributed by atoms with Crippen LogP contribution in [0.3, 0.4) is 0 Å². The number of carbonyl (C=O) groups excluding carboxylic acids is 1. The first-order valence-electron chi connectivity index (χ1n) is 5.13. The Kier molecular flexibility index (Phi) is 4.11. The summed E-state index contributed by atoms with van der Waals surface area (Å²) < 4.78 is 0. The zero-order valence-corrected chi connectivity index (χ0v) is 9.62. The third-order valence-electron chi connectivity index (χ3n) is 2.30. The number of nitrogen functional groups attached to an aromatic ring is 1. The van der Waals surface area contributed by atoms with E-state index < -0.39 is 24.0 Å². The number of carboxylic acid groups (broad SMARTS) is 1. The van der Waals surface area contributed by atoms with Crippen molar-refractivity contribution in [3.63, 3.8) is 0 Å². The SMILES string of the molecule is C[C@@H](O)[C@H](NC(=O)c1ccc(N)cc1O)C(=O)O. The molecule has 0 aliphatic rings. The Balaban J connectivity index is 2.91. The highest BCUT2D eigenvalue weighted by atomic mass is 16.4. The van der Waals surface area contributed by atoms with E-state index in [1.54, 1.807) is 0 Å². The summed E-state index contributed by atoms with van der Waals surface area (Å²) in [5.41, 5.74) is 5.56. The number of phenolic OH excluding ortho intramolecular Hbond substituents is 1. The average Bonchev–Trinajstić information content (AvgIpc) is 2.24. The van der Waals surface area contributed by atoms with Crippen molar-refractivity contribution in [2.24, 2.45) is 0 Å². The van der Waals surface area contributed by atoms with Gasteiger partial charge in [-0.2, -0.15) is 0 Å². The summed E-state index contributed by atoms with van der Waals surface area (Å²) in [5.74, 6) is -2.53. The predicted molar refractivity (Wildman–Crippen MR) is 63.1 cm³/mol. The third-order valence-corrected chi connectivity index (χ3v) is 2.30. The van der Waals surface area contributed by atoms with Crippen molar-refractivity contribution >= 4 is 17.6 Å². The summed E-state index contributed by atoms with van der Waals surface area (Å²) in [6, 6.07) is 2.38. The Bertz CT molecular complexity index is 473. The van der Waals surface area contributed by atoms with Crippen molar-refractivity contribution in [3.05, 3.63) is 23.8 Å². The number of aliphatic hydroxyl groups is 1. The Morgan fingerprint density at radius 3 is 2.44 bits per heavy atom. The smallest absolute Gasteiger partial charge is 0.328 e. The fraction of sp³-hybridized carbons (Fsp3) is 0.273. The molecule has 0 aromatic heterocycles. The van der Waals surface area contributed by atoms with Gasteiger partial charge in [-0.15, -0.1) is 0 Å². The van der Waals surface area contributed by atoms with Crippen molar-refractivity contribution in [2.45, 2.75) is 19.1 Å². The second-order valence-corrected chi connectivity index (χ2v) is 3.81. The second-order valence-electron chi connectivity index (χ2n) is 3.81. The molecule has 0 aliphatic heterocycles. The number of phenols is 1. The normalized spacial score (nSPS) is 13.7. The molecule has 0 radical (unpaired) electrons. The van der Waals surface area contributed by atoms with Crippen LogP contribution in [0, 0.1) is 0 Å². The van der Waals surface area contributed by atoms with Crippen LogP contribution in [0.4, 0.5) is 5.69 Å². The molecule has 0 spiro atoms. The van der Waals surface area contributed by atoms with E-state index in [1.807, 2.05) is 0 Å². The topological polar surface area (TPSA) is 133 Å². The highest BCUT2D eigenvalue weighted by molar-refractivity contribution is 5.99. The Morgan fingerprint density at radius 2 is 2.00 bits per heavy atom. The van der Waals surface area contributed by atoms with Crippen LogP contribution in [-0.4, -0.2) is 39.3 Å². The van der Waals surface area contributed by atoms with Crippen LogP contribution in [0.25, 0.3) is 0 Å². The van der Waals surface area contributed by atoms with E-state index in [2.05, 4.69) is 5.32 Å². The minimum atomic E-state index is -1.45. The van der Waals surface area contributed by atoms with Crippen LogP contribution in [0.2, 0.25) is 0 Å². The largest absolute Gasteiger partial charge is 0.507 e. The van der Waals surface area contributed by atoms with E-state index in [4.69, 9.17) is 10.8 Å². The number of carboxylic acids is 1. The number of hydrogen-bond acceptors (Lipinski definition) is 5. The number of hydrogen-bond donors (Lipinski definition) is 5. The van der Waals surface area contributed by atoms with Crippen LogP contribution in [0.1, 0.15) is 17.3 Å². The highest BCUT2D eigenvalue weighted by Crippen LogP contribution is 2.20. The maximum atomic E-state index is 11.7. The zero-order chi connectivity index (χ0) is 13.9. The molecule has 98 valence electrons. The van der Waals surface area contributed by atoms with Crippen molar-refractivity contribution in [3.8, 4) is 5.75 Å². The fourth-order valence-corrected chi connectivity index (χ4v) is 1.35. The van der Waals surface area contributed by atoms with E-state index in [0.717, 1.165) is 0 Å². The second kappa shape index (κ2) is 5.37. The third kappa shape index (κ3) is 3.11. The number of amides is 1. The fourth-order valence-electron chi connectivity index (χ4n) is 1.35. The number of aromatic hydroxyl groups is 1. The standard InChI is InChI=1S/C11H14N2O5/c1-5(14)9(11(17)18)13-10(16)7-3-2-6(12)4-8(7)15/h2-5,9,14-15H,12H2,1H3,(H,13,16)(H,17,18)/t5-,9+/m1/s1. The van der Waals surface area contributed by atoms with Gasteiger partial charge in [-0.1, -0.05) is 0 Å². The Morgan fingerprint density at radius 1 is 1.39 bits per heavy atom. The number of rotatable bonds is 4. The van der Waals surface area contributed by atoms with Crippen molar-refractivity contribution in [1.29, 1.82) is 0 Å². The lowest BCUT2D eigenvalue weighted by atomic mass is 10.1. The quantitative estimate of drug-likeness (QED) is 0.462. The summed E-state index contributed by atoms with van der Waals surface area (Å²) in [5, 5.41) is 29.6. The van der Waals surface area contributed by atoms with Crippen LogP contribution in [0.15, 0.2) is 18.2 Å². The lowest BCUT2D eigenvalue weighted by molar-refractivity contribution is -0.141. The molecule has 0 unspecified atom stereocenters. The first-order chi connectivity index (χ1) is 8.32. The van der Waals surface area contributed by atoms with Crippen molar-refractivity contribution < 1.29 is 24.9 Å². The van der Waals surface area contributed by atoms with Crippen molar-refractivity contribution in [2.75, 3.05) is 5.73 Å². The van der Waals surface area contributed by atoms with E-state index >= 15 is 0 Å². The molecule has 0 fully saturated rings. The van der Waals surface area contributed by atoms with Crippen LogP contribution >= 0.6 is 0 Å². The van der Waals surface area contributed by atoms with E-state index in [1.165, 1.54) is 25.1 Å². The van der Waals surface area contributed by atoms with Gasteiger partial charge < -0.3 is 26.4 Å². The maximum absolute atomic E-state index is 11.7. The minimum absolute atomic E-state index is 0.115. The van der Waals surface area contributed by atoms with Crippen molar-refractivity contribution in [1.82, 2.24) is 5.32 Å². The van der Waals surface area contributed by atoms with E-state index in [-0.39, 0.29) is 17.0 Å². The van der Waals surface area contributed by atoms with Gasteiger partial charge in [0.15, 0.2) is 6.04 Å². The summed E-state index contributed by atoms with van der Waals surface area (Å²) in [6.07, 6.45) is -1.26. The number of carbonyl (C=O) groups is 2. The van der Waals surface area contributed by atoms with Gasteiger partial charge >= 0.3 is 5.97 Å². The maximum Gasteiger partial charge on any atom is 0.328 e.